The highest BCUT2D eigenvalue weighted by molar-refractivity contribution is 7.82. The highest BCUT2D eigenvalue weighted by Gasteiger charge is 2.18. The van der Waals surface area contributed by atoms with E-state index in [4.69, 9.17) is 4.74 Å². The maximum Gasteiger partial charge on any atom is 0.118 e. The maximum atomic E-state index is 5.25. The lowest BCUT2D eigenvalue weighted by molar-refractivity contribution is 0.415. The van der Waals surface area contributed by atoms with Gasteiger partial charge in [0.1, 0.15) is 5.75 Å². The van der Waals surface area contributed by atoms with Crippen LogP contribution in [0.2, 0.25) is 0 Å². The summed E-state index contributed by atoms with van der Waals surface area (Å²) >= 11 is 0. The van der Waals surface area contributed by atoms with Crippen LogP contribution in [0.25, 0.3) is 5.31 Å². The van der Waals surface area contributed by atoms with Crippen LogP contribution in [0.5, 0.6) is 5.75 Å². The van der Waals surface area contributed by atoms with Gasteiger partial charge >= 0.3 is 0 Å². The molecule has 0 radical (unpaired) electrons. The minimum Gasteiger partial charge on any atom is -0.497 e. The Morgan fingerprint density at radius 2 is 1.22 bits per heavy atom. The van der Waals surface area contributed by atoms with Crippen molar-refractivity contribution in [3.63, 3.8) is 0 Å². The van der Waals surface area contributed by atoms with E-state index in [-0.39, 0.29) is 0 Å². The number of hydrogen-bond acceptors (Lipinski definition) is 1. The number of rotatable bonds is 5. The molecule has 114 valence electrons. The zero-order valence-electron chi connectivity index (χ0n) is 13.1. The van der Waals surface area contributed by atoms with Crippen molar-refractivity contribution in [1.82, 2.24) is 0 Å². The molecule has 0 atom stereocenters. The highest BCUT2D eigenvalue weighted by atomic mass is 31.1. The molecule has 23 heavy (non-hydrogen) atoms. The van der Waals surface area contributed by atoms with E-state index in [1.54, 1.807) is 7.11 Å². The van der Waals surface area contributed by atoms with Crippen LogP contribution in [-0.4, -0.2) is 7.11 Å². The van der Waals surface area contributed by atoms with Gasteiger partial charge in [0.15, 0.2) is 0 Å². The van der Waals surface area contributed by atoms with Gasteiger partial charge in [-0.25, -0.2) is 0 Å². The van der Waals surface area contributed by atoms with Crippen LogP contribution in [0.15, 0.2) is 91.5 Å². The molecule has 0 heterocycles. The van der Waals surface area contributed by atoms with Crippen molar-refractivity contribution >= 4 is 23.8 Å². The second-order valence-electron chi connectivity index (χ2n) is 5.18. The smallest absolute Gasteiger partial charge is 0.118 e. The lowest BCUT2D eigenvalue weighted by Gasteiger charge is -2.21. The van der Waals surface area contributed by atoms with Gasteiger partial charge in [-0.05, 0) is 41.5 Å². The van der Waals surface area contributed by atoms with E-state index in [0.717, 1.165) is 16.6 Å². The van der Waals surface area contributed by atoms with Gasteiger partial charge in [0.25, 0.3) is 0 Å². The molecule has 0 aliphatic rings. The fourth-order valence-electron chi connectivity index (χ4n) is 2.53. The summed E-state index contributed by atoms with van der Waals surface area (Å²) in [7, 11) is 1.05. The lowest BCUT2D eigenvalue weighted by atomic mass is 10.2. The zero-order valence-corrected chi connectivity index (χ0v) is 14.0. The minimum absolute atomic E-state index is 0.638. The van der Waals surface area contributed by atoms with Gasteiger partial charge in [0.05, 0.1) is 7.11 Å². The number of hydrogen-bond donors (Lipinski definition) is 0. The van der Waals surface area contributed by atoms with Crippen molar-refractivity contribution < 1.29 is 4.74 Å². The first kappa shape index (κ1) is 15.5. The summed E-state index contributed by atoms with van der Waals surface area (Å²) in [6.07, 6.45) is 0. The Bertz CT molecular complexity index is 724. The molecule has 3 rings (SSSR count). The molecule has 3 aromatic rings. The van der Waals surface area contributed by atoms with Crippen molar-refractivity contribution in [3.05, 3.63) is 97.1 Å². The van der Waals surface area contributed by atoms with Crippen molar-refractivity contribution in [2.75, 3.05) is 7.11 Å². The number of benzene rings is 3. The molecule has 0 aliphatic carbocycles. The van der Waals surface area contributed by atoms with Crippen LogP contribution in [0.3, 0.4) is 0 Å². The second kappa shape index (κ2) is 7.26. The third kappa shape index (κ3) is 3.52. The standard InChI is InChI=1S/C21H19OP/c1-17(18-13-15-19(22-2)16-14-18)23(20-9-5-3-6-10-20)21-11-7-4-8-12-21/h3-16H,1H2,2H3. The SMILES string of the molecule is C=C(c1ccc(OC)cc1)P(c1ccccc1)c1ccccc1. The van der Waals surface area contributed by atoms with E-state index < -0.39 is 7.92 Å². The van der Waals surface area contributed by atoms with E-state index in [9.17, 15) is 0 Å². The van der Waals surface area contributed by atoms with Gasteiger partial charge in [0.2, 0.25) is 0 Å². The Kier molecular flexibility index (Phi) is 4.90. The molecule has 0 bridgehead atoms. The molecular formula is C21H19OP. The first-order valence-electron chi connectivity index (χ1n) is 7.53. The Morgan fingerprint density at radius 1 is 0.739 bits per heavy atom. The van der Waals surface area contributed by atoms with Crippen molar-refractivity contribution in [2.24, 2.45) is 0 Å². The van der Waals surface area contributed by atoms with Gasteiger partial charge < -0.3 is 4.74 Å². The fourth-order valence-corrected chi connectivity index (χ4v) is 4.80. The topological polar surface area (TPSA) is 9.23 Å². The lowest BCUT2D eigenvalue weighted by Crippen LogP contribution is -2.12. The van der Waals surface area contributed by atoms with Gasteiger partial charge in [-0.15, -0.1) is 0 Å². The van der Waals surface area contributed by atoms with Crippen LogP contribution in [0.4, 0.5) is 0 Å². The molecule has 0 saturated heterocycles. The van der Waals surface area contributed by atoms with Crippen LogP contribution in [0.1, 0.15) is 5.56 Å². The fraction of sp³-hybridized carbons (Fsp3) is 0.0476. The van der Waals surface area contributed by atoms with Crippen LogP contribution in [0, 0.1) is 0 Å². The highest BCUT2D eigenvalue weighted by Crippen LogP contribution is 2.47. The van der Waals surface area contributed by atoms with Crippen LogP contribution >= 0.6 is 7.92 Å². The summed E-state index contributed by atoms with van der Waals surface area (Å²) in [4.78, 5) is 0. The largest absolute Gasteiger partial charge is 0.497 e. The van der Waals surface area contributed by atoms with E-state index in [0.29, 0.717) is 0 Å². The average Bonchev–Trinajstić information content (AvgIpc) is 2.64. The summed E-state index contributed by atoms with van der Waals surface area (Å²) in [5.74, 6) is 0.866. The Hall–Kier alpha value is -2.37. The Morgan fingerprint density at radius 3 is 1.65 bits per heavy atom. The van der Waals surface area contributed by atoms with Crippen molar-refractivity contribution in [3.8, 4) is 5.75 Å². The van der Waals surface area contributed by atoms with Crippen molar-refractivity contribution in [2.45, 2.75) is 0 Å². The molecular weight excluding hydrogens is 299 g/mol. The second-order valence-corrected chi connectivity index (χ2v) is 7.43. The van der Waals surface area contributed by atoms with Gasteiger partial charge in [-0.1, -0.05) is 79.4 Å². The quantitative estimate of drug-likeness (QED) is 0.614. The molecule has 0 spiro atoms. The molecule has 0 unspecified atom stereocenters. The molecule has 1 nitrogen and oxygen atoms in total. The van der Waals surface area contributed by atoms with Crippen LogP contribution in [-0.2, 0) is 0 Å². The summed E-state index contributed by atoms with van der Waals surface area (Å²) in [5, 5.41) is 3.78. The predicted molar refractivity (Wildman–Crippen MR) is 101 cm³/mol. The molecule has 2 heteroatoms. The molecule has 0 N–H and O–H groups in total. The van der Waals surface area contributed by atoms with E-state index in [1.165, 1.54) is 10.6 Å². The third-order valence-electron chi connectivity index (χ3n) is 3.72. The average molecular weight is 318 g/mol. The van der Waals surface area contributed by atoms with Gasteiger partial charge in [-0.3, -0.25) is 0 Å². The molecule has 0 fully saturated rings. The molecule has 3 aromatic carbocycles. The minimum atomic E-state index is -0.638. The molecule has 0 aromatic heterocycles. The zero-order chi connectivity index (χ0) is 16.1. The first-order valence-corrected chi connectivity index (χ1v) is 8.87. The first-order chi connectivity index (χ1) is 11.3. The normalized spacial score (nSPS) is 10.5. The van der Waals surface area contributed by atoms with Crippen molar-refractivity contribution in [1.29, 1.82) is 0 Å². The third-order valence-corrected chi connectivity index (χ3v) is 6.15. The predicted octanol–water partition coefficient (Wildman–Crippen LogP) is 4.80. The summed E-state index contributed by atoms with van der Waals surface area (Å²) in [6, 6.07) is 29.4. The summed E-state index contributed by atoms with van der Waals surface area (Å²) in [6.45, 7) is 4.42. The molecule has 0 saturated carbocycles. The van der Waals surface area contributed by atoms with E-state index in [2.05, 4.69) is 79.4 Å². The molecule has 0 amide bonds. The summed E-state index contributed by atoms with van der Waals surface area (Å²) in [5.41, 5.74) is 1.16. The van der Waals surface area contributed by atoms with E-state index >= 15 is 0 Å². The maximum absolute atomic E-state index is 5.25. The van der Waals surface area contributed by atoms with Gasteiger partial charge in [-0.2, -0.15) is 0 Å². The van der Waals surface area contributed by atoms with Crippen LogP contribution < -0.4 is 15.3 Å². The molecule has 0 aliphatic heterocycles. The number of ether oxygens (including phenoxy) is 1. The Labute approximate surface area is 139 Å². The van der Waals surface area contributed by atoms with E-state index in [1.807, 2.05) is 12.1 Å². The van der Waals surface area contributed by atoms with Gasteiger partial charge in [0, 0.05) is 0 Å². The Balaban J connectivity index is 2.02. The monoisotopic (exact) mass is 318 g/mol. The summed E-state index contributed by atoms with van der Waals surface area (Å²) < 4.78 is 5.25. The number of methoxy groups -OCH3 is 1.